The van der Waals surface area contributed by atoms with Crippen LogP contribution in [-0.2, 0) is 6.42 Å². The van der Waals surface area contributed by atoms with Crippen LogP contribution in [0.15, 0.2) is 42.5 Å². The zero-order valence-electron chi connectivity index (χ0n) is 13.1. The first-order chi connectivity index (χ1) is 11.8. The molecule has 0 spiro atoms. The summed E-state index contributed by atoms with van der Waals surface area (Å²) in [7, 11) is 0. The highest BCUT2D eigenvalue weighted by molar-refractivity contribution is 6.31. The zero-order chi connectivity index (χ0) is 16.5. The summed E-state index contributed by atoms with van der Waals surface area (Å²) in [6.07, 6.45) is 6.22. The number of benzene rings is 2. The third-order valence-corrected chi connectivity index (χ3v) is 4.68. The van der Waals surface area contributed by atoms with E-state index in [9.17, 15) is 0 Å². The van der Waals surface area contributed by atoms with Crippen LogP contribution < -0.4 is 10.1 Å². The van der Waals surface area contributed by atoms with E-state index in [0.29, 0.717) is 0 Å². The van der Waals surface area contributed by atoms with Gasteiger partial charge in [0.15, 0.2) is 0 Å². The second-order valence-electron chi connectivity index (χ2n) is 5.91. The van der Waals surface area contributed by atoms with Gasteiger partial charge in [0, 0.05) is 28.2 Å². The number of rotatable bonds is 3. The number of nitrogens with one attached hydrogen (secondary N) is 2. The van der Waals surface area contributed by atoms with Crippen LogP contribution in [0.4, 0.5) is 0 Å². The lowest BCUT2D eigenvalue weighted by molar-refractivity contribution is 0.370. The predicted octanol–water partition coefficient (Wildman–Crippen LogP) is 4.07. The lowest BCUT2D eigenvalue weighted by Gasteiger charge is -2.25. The molecule has 3 aromatic rings. The Morgan fingerprint density at radius 2 is 2.04 bits per heavy atom. The van der Waals surface area contributed by atoms with Gasteiger partial charge in [0.1, 0.15) is 12.4 Å². The lowest BCUT2D eigenvalue weighted by Crippen LogP contribution is -2.30. The molecule has 1 aliphatic heterocycles. The van der Waals surface area contributed by atoms with E-state index in [1.165, 1.54) is 22.2 Å². The van der Waals surface area contributed by atoms with E-state index in [4.69, 9.17) is 22.8 Å². The van der Waals surface area contributed by atoms with Gasteiger partial charge in [-0.05, 0) is 47.9 Å². The minimum Gasteiger partial charge on any atom is -0.481 e. The predicted molar refractivity (Wildman–Crippen MR) is 97.6 cm³/mol. The summed E-state index contributed by atoms with van der Waals surface area (Å²) < 4.78 is 5.45. The van der Waals surface area contributed by atoms with E-state index in [0.717, 1.165) is 29.3 Å². The number of ether oxygens (including phenoxy) is 1. The van der Waals surface area contributed by atoms with Crippen molar-refractivity contribution in [1.29, 1.82) is 0 Å². The molecule has 0 aliphatic carbocycles. The molecule has 0 radical (unpaired) electrons. The fraction of sp³-hybridized carbons (Fsp3) is 0.200. The minimum atomic E-state index is 0.140. The molecule has 1 aliphatic rings. The maximum absolute atomic E-state index is 6.17. The van der Waals surface area contributed by atoms with Crippen LogP contribution in [-0.4, -0.2) is 18.1 Å². The van der Waals surface area contributed by atoms with Crippen LogP contribution in [0.2, 0.25) is 5.02 Å². The molecule has 0 amide bonds. The van der Waals surface area contributed by atoms with Gasteiger partial charge in [-0.1, -0.05) is 29.7 Å². The van der Waals surface area contributed by atoms with Crippen LogP contribution in [0.3, 0.4) is 0 Å². The van der Waals surface area contributed by atoms with Crippen molar-refractivity contribution in [3.05, 3.63) is 64.3 Å². The molecule has 4 rings (SSSR count). The lowest BCUT2D eigenvalue weighted by atomic mass is 9.94. The van der Waals surface area contributed by atoms with Crippen molar-refractivity contribution >= 4 is 22.5 Å². The first-order valence-electron chi connectivity index (χ1n) is 7.96. The second-order valence-corrected chi connectivity index (χ2v) is 6.34. The van der Waals surface area contributed by atoms with Gasteiger partial charge in [-0.2, -0.15) is 0 Å². The Morgan fingerprint density at radius 3 is 2.83 bits per heavy atom. The summed E-state index contributed by atoms with van der Waals surface area (Å²) in [6.45, 7) is 1.22. The Hall–Kier alpha value is -2.41. The number of hydrogen-bond donors (Lipinski definition) is 2. The molecule has 1 atom stereocenters. The van der Waals surface area contributed by atoms with Crippen molar-refractivity contribution in [1.82, 2.24) is 10.3 Å². The molecular weight excluding hydrogens is 320 g/mol. The van der Waals surface area contributed by atoms with E-state index in [1.807, 2.05) is 30.3 Å². The van der Waals surface area contributed by atoms with E-state index in [1.54, 1.807) is 0 Å². The van der Waals surface area contributed by atoms with Crippen LogP contribution >= 0.6 is 11.6 Å². The molecule has 4 heteroatoms. The Balaban J connectivity index is 1.71. The summed E-state index contributed by atoms with van der Waals surface area (Å²) >= 11 is 6.17. The molecule has 1 aromatic heterocycles. The SMILES string of the molecule is C#CCOc1ccc(C2NCCc3c2[nH]c2ccc(Cl)cc32)cc1. The van der Waals surface area contributed by atoms with Crippen LogP contribution in [0, 0.1) is 12.3 Å². The summed E-state index contributed by atoms with van der Waals surface area (Å²) in [4.78, 5) is 3.56. The first kappa shape index (κ1) is 15.1. The topological polar surface area (TPSA) is 37.0 Å². The van der Waals surface area contributed by atoms with Gasteiger partial charge in [-0.15, -0.1) is 6.42 Å². The highest BCUT2D eigenvalue weighted by Gasteiger charge is 2.25. The Morgan fingerprint density at radius 1 is 1.21 bits per heavy atom. The molecule has 2 heterocycles. The van der Waals surface area contributed by atoms with Crippen LogP contribution in [0.5, 0.6) is 5.75 Å². The van der Waals surface area contributed by atoms with Gasteiger partial charge in [0.25, 0.3) is 0 Å². The highest BCUT2D eigenvalue weighted by Crippen LogP contribution is 2.34. The van der Waals surface area contributed by atoms with Gasteiger partial charge in [0.05, 0.1) is 6.04 Å². The van der Waals surface area contributed by atoms with Crippen molar-refractivity contribution in [2.75, 3.05) is 13.2 Å². The van der Waals surface area contributed by atoms with Gasteiger partial charge in [0.2, 0.25) is 0 Å². The number of aromatic amines is 1. The van der Waals surface area contributed by atoms with Crippen LogP contribution in [0.25, 0.3) is 10.9 Å². The number of H-pyrrole nitrogens is 1. The third-order valence-electron chi connectivity index (χ3n) is 4.45. The van der Waals surface area contributed by atoms with Gasteiger partial charge in [-0.25, -0.2) is 0 Å². The molecule has 2 aromatic carbocycles. The maximum Gasteiger partial charge on any atom is 0.148 e. The van der Waals surface area contributed by atoms with Crippen molar-refractivity contribution in [2.24, 2.45) is 0 Å². The van der Waals surface area contributed by atoms with E-state index >= 15 is 0 Å². The average Bonchev–Trinajstić information content (AvgIpc) is 2.98. The van der Waals surface area contributed by atoms with Crippen molar-refractivity contribution in [2.45, 2.75) is 12.5 Å². The number of aromatic nitrogens is 1. The van der Waals surface area contributed by atoms with Gasteiger partial charge in [-0.3, -0.25) is 0 Å². The number of terminal acetylenes is 1. The molecule has 2 N–H and O–H groups in total. The summed E-state index contributed by atoms with van der Waals surface area (Å²) in [5, 5.41) is 5.59. The largest absolute Gasteiger partial charge is 0.481 e. The molecule has 24 heavy (non-hydrogen) atoms. The summed E-state index contributed by atoms with van der Waals surface area (Å²) in [6, 6.07) is 14.2. The Kier molecular flexibility index (Phi) is 3.93. The standard InChI is InChI=1S/C20H17ClN2O/c1-2-11-24-15-6-3-13(4-7-15)19-20-16(9-10-22-19)17-12-14(21)5-8-18(17)23-20/h1,3-8,12,19,22-23H,9-11H2. The van der Waals surface area contributed by atoms with Crippen molar-refractivity contribution in [3.8, 4) is 18.1 Å². The number of fused-ring (bicyclic) bond motifs is 3. The third kappa shape index (κ3) is 2.65. The first-order valence-corrected chi connectivity index (χ1v) is 8.33. The molecule has 0 fully saturated rings. The molecule has 120 valence electrons. The monoisotopic (exact) mass is 336 g/mol. The van der Waals surface area contributed by atoms with Gasteiger partial charge < -0.3 is 15.0 Å². The van der Waals surface area contributed by atoms with Crippen molar-refractivity contribution in [3.63, 3.8) is 0 Å². The molecule has 0 saturated carbocycles. The molecule has 0 saturated heterocycles. The van der Waals surface area contributed by atoms with E-state index in [2.05, 4.69) is 28.4 Å². The van der Waals surface area contributed by atoms with Crippen molar-refractivity contribution < 1.29 is 4.74 Å². The Labute approximate surface area is 146 Å². The second kappa shape index (κ2) is 6.24. The maximum atomic E-state index is 6.17. The quantitative estimate of drug-likeness (QED) is 0.707. The molecule has 3 nitrogen and oxygen atoms in total. The molecule has 0 bridgehead atoms. The molecular formula is C20H17ClN2O. The number of hydrogen-bond acceptors (Lipinski definition) is 2. The smallest absolute Gasteiger partial charge is 0.148 e. The van der Waals surface area contributed by atoms with E-state index < -0.39 is 0 Å². The van der Waals surface area contributed by atoms with E-state index in [-0.39, 0.29) is 12.6 Å². The minimum absolute atomic E-state index is 0.140. The van der Waals surface area contributed by atoms with Crippen LogP contribution in [0.1, 0.15) is 22.9 Å². The number of halogens is 1. The molecule has 1 unspecified atom stereocenters. The van der Waals surface area contributed by atoms with Gasteiger partial charge >= 0.3 is 0 Å². The normalized spacial score (nSPS) is 16.6. The summed E-state index contributed by atoms with van der Waals surface area (Å²) in [5.41, 5.74) is 4.90. The zero-order valence-corrected chi connectivity index (χ0v) is 13.9. The Bertz CT molecular complexity index is 921. The fourth-order valence-corrected chi connectivity index (χ4v) is 3.54. The highest BCUT2D eigenvalue weighted by atomic mass is 35.5. The summed E-state index contributed by atoms with van der Waals surface area (Å²) in [5.74, 6) is 3.26. The fourth-order valence-electron chi connectivity index (χ4n) is 3.37. The average molecular weight is 337 g/mol.